The van der Waals surface area contributed by atoms with Gasteiger partial charge in [0, 0.05) is 18.7 Å². The molecule has 0 saturated heterocycles. The summed E-state index contributed by atoms with van der Waals surface area (Å²) in [6.45, 7) is 9.93. The summed E-state index contributed by atoms with van der Waals surface area (Å²) >= 11 is 0. The van der Waals surface area contributed by atoms with Gasteiger partial charge in [-0.05, 0) is 26.0 Å². The molecule has 1 aromatic carbocycles. The SMILES string of the molecule is C=CCNC(=O)COc1ccc(C)cc1CNCCC. The van der Waals surface area contributed by atoms with Crippen molar-refractivity contribution in [3.8, 4) is 5.75 Å². The molecule has 4 nitrogen and oxygen atoms in total. The second-order valence-corrected chi connectivity index (χ2v) is 4.67. The zero-order chi connectivity index (χ0) is 14.8. The van der Waals surface area contributed by atoms with Crippen LogP contribution in [0.5, 0.6) is 5.75 Å². The van der Waals surface area contributed by atoms with Crippen LogP contribution >= 0.6 is 0 Å². The summed E-state index contributed by atoms with van der Waals surface area (Å²) in [6.07, 6.45) is 2.73. The first-order chi connectivity index (χ1) is 9.67. The molecule has 0 radical (unpaired) electrons. The van der Waals surface area contributed by atoms with Crippen LogP contribution in [0.15, 0.2) is 30.9 Å². The van der Waals surface area contributed by atoms with Gasteiger partial charge in [-0.3, -0.25) is 4.79 Å². The Morgan fingerprint density at radius 3 is 2.95 bits per heavy atom. The third kappa shape index (κ3) is 5.89. The second-order valence-electron chi connectivity index (χ2n) is 4.67. The van der Waals surface area contributed by atoms with Crippen molar-refractivity contribution in [3.05, 3.63) is 42.0 Å². The summed E-state index contributed by atoms with van der Waals surface area (Å²) in [7, 11) is 0. The van der Waals surface area contributed by atoms with Crippen LogP contribution < -0.4 is 15.4 Å². The molecule has 0 aliphatic heterocycles. The van der Waals surface area contributed by atoms with Gasteiger partial charge in [-0.15, -0.1) is 6.58 Å². The highest BCUT2D eigenvalue weighted by atomic mass is 16.5. The first-order valence-electron chi connectivity index (χ1n) is 6.98. The molecule has 0 fully saturated rings. The Hall–Kier alpha value is -1.81. The Balaban J connectivity index is 2.58. The van der Waals surface area contributed by atoms with E-state index in [0.29, 0.717) is 6.54 Å². The fourth-order valence-corrected chi connectivity index (χ4v) is 1.77. The van der Waals surface area contributed by atoms with Gasteiger partial charge in [0.05, 0.1) is 0 Å². The largest absolute Gasteiger partial charge is 0.483 e. The van der Waals surface area contributed by atoms with Gasteiger partial charge in [0.15, 0.2) is 6.61 Å². The molecule has 20 heavy (non-hydrogen) atoms. The lowest BCUT2D eigenvalue weighted by molar-refractivity contribution is -0.122. The minimum atomic E-state index is -0.141. The molecule has 0 saturated carbocycles. The van der Waals surface area contributed by atoms with Crippen LogP contribution in [0.25, 0.3) is 0 Å². The number of benzene rings is 1. The summed E-state index contributed by atoms with van der Waals surface area (Å²) in [6, 6.07) is 5.99. The first-order valence-corrected chi connectivity index (χ1v) is 6.98. The Morgan fingerprint density at radius 2 is 2.25 bits per heavy atom. The standard InChI is InChI=1S/C16H24N2O2/c1-4-8-17-11-14-10-13(3)6-7-15(14)20-12-16(19)18-9-5-2/h5-7,10,17H,2,4,8-9,11-12H2,1,3H3,(H,18,19). The second kappa shape index (κ2) is 9.15. The van der Waals surface area contributed by atoms with E-state index in [1.54, 1.807) is 6.08 Å². The molecule has 0 aliphatic rings. The maximum absolute atomic E-state index is 11.5. The fraction of sp³-hybridized carbons (Fsp3) is 0.438. The molecule has 110 valence electrons. The van der Waals surface area contributed by atoms with Crippen molar-refractivity contribution < 1.29 is 9.53 Å². The number of carbonyl (C=O) groups excluding carboxylic acids is 1. The van der Waals surface area contributed by atoms with Crippen molar-refractivity contribution in [1.29, 1.82) is 0 Å². The summed E-state index contributed by atoms with van der Waals surface area (Å²) in [5.74, 6) is 0.617. The molecule has 0 spiro atoms. The van der Waals surface area contributed by atoms with E-state index in [-0.39, 0.29) is 12.5 Å². The van der Waals surface area contributed by atoms with Gasteiger partial charge in [0.1, 0.15) is 5.75 Å². The quantitative estimate of drug-likeness (QED) is 0.537. The van der Waals surface area contributed by atoms with Gasteiger partial charge < -0.3 is 15.4 Å². The van der Waals surface area contributed by atoms with Crippen LogP contribution in [0.4, 0.5) is 0 Å². The van der Waals surface area contributed by atoms with Gasteiger partial charge in [-0.1, -0.05) is 30.7 Å². The smallest absolute Gasteiger partial charge is 0.258 e. The molecule has 0 atom stereocenters. The van der Waals surface area contributed by atoms with E-state index in [9.17, 15) is 4.79 Å². The highest BCUT2D eigenvalue weighted by Gasteiger charge is 2.06. The number of nitrogens with one attached hydrogen (secondary N) is 2. The van der Waals surface area contributed by atoms with Crippen molar-refractivity contribution >= 4 is 5.91 Å². The lowest BCUT2D eigenvalue weighted by atomic mass is 10.1. The number of ether oxygens (including phenoxy) is 1. The van der Waals surface area contributed by atoms with Crippen LogP contribution in [-0.4, -0.2) is 25.6 Å². The summed E-state index contributed by atoms with van der Waals surface area (Å²) < 4.78 is 5.60. The number of aryl methyl sites for hydroxylation is 1. The molecular formula is C16H24N2O2. The maximum Gasteiger partial charge on any atom is 0.258 e. The van der Waals surface area contributed by atoms with Gasteiger partial charge >= 0.3 is 0 Å². The number of hydrogen-bond acceptors (Lipinski definition) is 3. The number of amides is 1. The molecule has 1 aromatic rings. The first kappa shape index (κ1) is 16.2. The van der Waals surface area contributed by atoms with Gasteiger partial charge in [-0.25, -0.2) is 0 Å². The minimum absolute atomic E-state index is 0.0255. The van der Waals surface area contributed by atoms with E-state index in [1.807, 2.05) is 19.1 Å². The van der Waals surface area contributed by atoms with E-state index in [4.69, 9.17) is 4.74 Å². The average Bonchev–Trinajstić information content (AvgIpc) is 2.44. The Bertz CT molecular complexity index is 444. The Morgan fingerprint density at radius 1 is 1.45 bits per heavy atom. The predicted molar refractivity (Wildman–Crippen MR) is 81.9 cm³/mol. The Kier molecular flexibility index (Phi) is 7.43. The zero-order valence-corrected chi connectivity index (χ0v) is 12.4. The fourth-order valence-electron chi connectivity index (χ4n) is 1.77. The monoisotopic (exact) mass is 276 g/mol. The number of hydrogen-bond donors (Lipinski definition) is 2. The van der Waals surface area contributed by atoms with Gasteiger partial charge in [-0.2, -0.15) is 0 Å². The molecule has 0 unspecified atom stereocenters. The molecule has 2 N–H and O–H groups in total. The highest BCUT2D eigenvalue weighted by molar-refractivity contribution is 5.77. The molecule has 1 amide bonds. The number of carbonyl (C=O) groups is 1. The summed E-state index contributed by atoms with van der Waals surface area (Å²) in [5.41, 5.74) is 2.26. The summed E-state index contributed by atoms with van der Waals surface area (Å²) in [4.78, 5) is 11.5. The lowest BCUT2D eigenvalue weighted by Crippen LogP contribution is -2.29. The molecule has 0 aromatic heterocycles. The van der Waals surface area contributed by atoms with Crippen LogP contribution in [-0.2, 0) is 11.3 Å². The predicted octanol–water partition coefficient (Wildman–Crippen LogP) is 2.18. The normalized spacial score (nSPS) is 10.1. The maximum atomic E-state index is 11.5. The van der Waals surface area contributed by atoms with E-state index in [1.165, 1.54) is 5.56 Å². The molecule has 4 heteroatoms. The summed E-state index contributed by atoms with van der Waals surface area (Å²) in [5, 5.41) is 6.04. The molecule has 0 aliphatic carbocycles. The Labute approximate surface area is 121 Å². The van der Waals surface area contributed by atoms with Crippen molar-refractivity contribution in [1.82, 2.24) is 10.6 Å². The molecular weight excluding hydrogens is 252 g/mol. The molecule has 0 bridgehead atoms. The highest BCUT2D eigenvalue weighted by Crippen LogP contribution is 2.19. The van der Waals surface area contributed by atoms with Gasteiger partial charge in [0.2, 0.25) is 0 Å². The zero-order valence-electron chi connectivity index (χ0n) is 12.4. The third-order valence-electron chi connectivity index (χ3n) is 2.76. The van der Waals surface area contributed by atoms with E-state index >= 15 is 0 Å². The molecule has 1 rings (SSSR count). The third-order valence-corrected chi connectivity index (χ3v) is 2.76. The van der Waals surface area contributed by atoms with E-state index in [0.717, 1.165) is 30.8 Å². The van der Waals surface area contributed by atoms with E-state index in [2.05, 4.69) is 30.2 Å². The van der Waals surface area contributed by atoms with Crippen LogP contribution in [0.2, 0.25) is 0 Å². The van der Waals surface area contributed by atoms with Crippen LogP contribution in [0.3, 0.4) is 0 Å². The number of rotatable bonds is 9. The minimum Gasteiger partial charge on any atom is -0.483 e. The lowest BCUT2D eigenvalue weighted by Gasteiger charge is -2.13. The topological polar surface area (TPSA) is 50.4 Å². The van der Waals surface area contributed by atoms with E-state index < -0.39 is 0 Å². The van der Waals surface area contributed by atoms with Crippen LogP contribution in [0, 0.1) is 6.92 Å². The van der Waals surface area contributed by atoms with Gasteiger partial charge in [0.25, 0.3) is 5.91 Å². The average molecular weight is 276 g/mol. The van der Waals surface area contributed by atoms with Crippen molar-refractivity contribution in [2.75, 3.05) is 19.7 Å². The molecule has 0 heterocycles. The van der Waals surface area contributed by atoms with Crippen molar-refractivity contribution in [2.45, 2.75) is 26.8 Å². The van der Waals surface area contributed by atoms with Crippen molar-refractivity contribution in [2.24, 2.45) is 0 Å². The van der Waals surface area contributed by atoms with Crippen molar-refractivity contribution in [3.63, 3.8) is 0 Å². The van der Waals surface area contributed by atoms with Crippen LogP contribution in [0.1, 0.15) is 24.5 Å².